The van der Waals surface area contributed by atoms with Crippen molar-refractivity contribution in [3.8, 4) is 17.2 Å². The maximum absolute atomic E-state index is 12.3. The average molecular weight is 390 g/mol. The third-order valence-electron chi connectivity index (χ3n) is 3.50. The minimum Gasteiger partial charge on any atom is -0.496 e. The molecule has 1 amide bonds. The van der Waals surface area contributed by atoms with Crippen LogP contribution in [0.2, 0.25) is 5.02 Å². The maximum Gasteiger partial charge on any atom is 0.277 e. The van der Waals surface area contributed by atoms with E-state index in [1.807, 2.05) is 24.3 Å². The second-order valence-electron chi connectivity index (χ2n) is 5.33. The fourth-order valence-corrected chi connectivity index (χ4v) is 2.98. The molecule has 6 nitrogen and oxygen atoms in total. The van der Waals surface area contributed by atoms with Crippen LogP contribution < -0.4 is 10.1 Å². The lowest BCUT2D eigenvalue weighted by Crippen LogP contribution is -2.22. The van der Waals surface area contributed by atoms with E-state index in [4.69, 9.17) is 20.8 Å². The molecule has 0 aliphatic carbocycles. The van der Waals surface area contributed by atoms with Crippen LogP contribution in [0.15, 0.2) is 58.2 Å². The number of anilines is 1. The summed E-state index contributed by atoms with van der Waals surface area (Å²) in [6.45, 7) is 1.77. The monoisotopic (exact) mass is 389 g/mol. The number of methoxy groups -OCH3 is 1. The van der Waals surface area contributed by atoms with Crippen molar-refractivity contribution < 1.29 is 13.9 Å². The van der Waals surface area contributed by atoms with Gasteiger partial charge in [0.15, 0.2) is 0 Å². The molecule has 1 N–H and O–H groups in total. The van der Waals surface area contributed by atoms with Gasteiger partial charge in [-0.3, -0.25) is 4.79 Å². The Kier molecular flexibility index (Phi) is 5.80. The van der Waals surface area contributed by atoms with Crippen LogP contribution in [0.1, 0.15) is 6.92 Å². The van der Waals surface area contributed by atoms with Crippen molar-refractivity contribution in [3.63, 3.8) is 0 Å². The van der Waals surface area contributed by atoms with Gasteiger partial charge in [0.05, 0.1) is 17.9 Å². The van der Waals surface area contributed by atoms with Gasteiger partial charge in [-0.1, -0.05) is 35.5 Å². The van der Waals surface area contributed by atoms with Crippen molar-refractivity contribution >= 4 is 35.0 Å². The molecule has 1 unspecified atom stereocenters. The van der Waals surface area contributed by atoms with Gasteiger partial charge in [-0.2, -0.15) is 0 Å². The number of benzene rings is 2. The molecule has 0 saturated carbocycles. The number of amides is 1. The zero-order chi connectivity index (χ0) is 18.5. The number of thioether (sulfide) groups is 1. The third kappa shape index (κ3) is 4.36. The average Bonchev–Trinajstić information content (AvgIpc) is 3.11. The third-order valence-corrected chi connectivity index (χ3v) is 4.69. The lowest BCUT2D eigenvalue weighted by atomic mass is 10.2. The van der Waals surface area contributed by atoms with Crippen LogP contribution in [-0.2, 0) is 4.79 Å². The Morgan fingerprint density at radius 3 is 2.65 bits per heavy atom. The molecule has 1 heterocycles. The zero-order valence-corrected chi connectivity index (χ0v) is 15.7. The number of carbonyl (C=O) groups is 1. The summed E-state index contributed by atoms with van der Waals surface area (Å²) in [5.41, 5.74) is 1.37. The number of rotatable bonds is 6. The van der Waals surface area contributed by atoms with Crippen LogP contribution >= 0.6 is 23.4 Å². The predicted octanol–water partition coefficient (Wildman–Crippen LogP) is 4.52. The summed E-state index contributed by atoms with van der Waals surface area (Å²) in [5.74, 6) is 0.811. The summed E-state index contributed by atoms with van der Waals surface area (Å²) in [7, 11) is 1.58. The van der Waals surface area contributed by atoms with Gasteiger partial charge in [0.25, 0.3) is 11.1 Å². The van der Waals surface area contributed by atoms with E-state index >= 15 is 0 Å². The highest BCUT2D eigenvalue weighted by Crippen LogP contribution is 2.31. The highest BCUT2D eigenvalue weighted by Gasteiger charge is 2.20. The molecule has 3 rings (SSSR count). The maximum atomic E-state index is 12.3. The molecule has 1 aromatic heterocycles. The van der Waals surface area contributed by atoms with Crippen molar-refractivity contribution in [2.45, 2.75) is 17.4 Å². The Morgan fingerprint density at radius 2 is 1.92 bits per heavy atom. The van der Waals surface area contributed by atoms with E-state index in [-0.39, 0.29) is 5.91 Å². The van der Waals surface area contributed by atoms with Crippen molar-refractivity contribution in [2.24, 2.45) is 0 Å². The largest absolute Gasteiger partial charge is 0.496 e. The minimum absolute atomic E-state index is 0.172. The molecule has 0 radical (unpaired) electrons. The first-order valence-electron chi connectivity index (χ1n) is 7.77. The van der Waals surface area contributed by atoms with Crippen molar-refractivity contribution in [1.82, 2.24) is 10.2 Å². The summed E-state index contributed by atoms with van der Waals surface area (Å²) in [4.78, 5) is 12.3. The van der Waals surface area contributed by atoms with Crippen LogP contribution in [0.25, 0.3) is 11.5 Å². The van der Waals surface area contributed by atoms with Crippen LogP contribution in [0, 0.1) is 0 Å². The van der Waals surface area contributed by atoms with E-state index in [1.54, 1.807) is 38.3 Å². The number of nitrogens with one attached hydrogen (secondary N) is 1. The summed E-state index contributed by atoms with van der Waals surface area (Å²) in [5, 5.41) is 11.4. The Hall–Kier alpha value is -2.51. The number of ether oxygens (including phenoxy) is 1. The number of carbonyl (C=O) groups excluding carboxylic acids is 1. The first-order chi connectivity index (χ1) is 12.6. The van der Waals surface area contributed by atoms with E-state index < -0.39 is 5.25 Å². The SMILES string of the molecule is COc1ccccc1-c1nnc(SC(C)C(=O)Nc2ccc(Cl)cc2)o1. The Balaban J connectivity index is 1.66. The molecule has 0 saturated heterocycles. The zero-order valence-electron chi connectivity index (χ0n) is 14.1. The first-order valence-corrected chi connectivity index (χ1v) is 9.02. The molecular weight excluding hydrogens is 374 g/mol. The molecule has 1 atom stereocenters. The second-order valence-corrected chi connectivity index (χ2v) is 7.06. The highest BCUT2D eigenvalue weighted by molar-refractivity contribution is 8.00. The fourth-order valence-electron chi connectivity index (χ4n) is 2.17. The van der Waals surface area contributed by atoms with Crippen LogP contribution in [0.3, 0.4) is 0 Å². The molecule has 0 aliphatic heterocycles. The molecule has 2 aromatic carbocycles. The lowest BCUT2D eigenvalue weighted by Gasteiger charge is -2.09. The smallest absolute Gasteiger partial charge is 0.277 e. The lowest BCUT2D eigenvalue weighted by molar-refractivity contribution is -0.115. The summed E-state index contributed by atoms with van der Waals surface area (Å²) in [6.07, 6.45) is 0. The summed E-state index contributed by atoms with van der Waals surface area (Å²) < 4.78 is 11.0. The van der Waals surface area contributed by atoms with E-state index in [1.165, 1.54) is 11.8 Å². The van der Waals surface area contributed by atoms with Gasteiger partial charge in [0.2, 0.25) is 5.91 Å². The van der Waals surface area contributed by atoms with Crippen LogP contribution in [0.5, 0.6) is 5.75 Å². The number of hydrogen-bond donors (Lipinski definition) is 1. The minimum atomic E-state index is -0.420. The first kappa shape index (κ1) is 18.3. The predicted molar refractivity (Wildman–Crippen MR) is 102 cm³/mol. The second kappa shape index (κ2) is 8.25. The van der Waals surface area contributed by atoms with E-state index in [0.29, 0.717) is 33.1 Å². The number of hydrogen-bond acceptors (Lipinski definition) is 6. The van der Waals surface area contributed by atoms with Gasteiger partial charge in [-0.25, -0.2) is 0 Å². The topological polar surface area (TPSA) is 77.2 Å². The number of para-hydroxylation sites is 1. The molecule has 0 aliphatic rings. The van der Waals surface area contributed by atoms with E-state index in [0.717, 1.165) is 0 Å². The van der Waals surface area contributed by atoms with Gasteiger partial charge in [-0.05, 0) is 43.3 Å². The fraction of sp³-hybridized carbons (Fsp3) is 0.167. The number of nitrogens with zero attached hydrogens (tertiary/aromatic N) is 2. The van der Waals surface area contributed by atoms with Gasteiger partial charge >= 0.3 is 0 Å². The summed E-state index contributed by atoms with van der Waals surface area (Å²) >= 11 is 7.02. The molecule has 0 fully saturated rings. The Morgan fingerprint density at radius 1 is 1.19 bits per heavy atom. The van der Waals surface area contributed by atoms with Crippen molar-refractivity contribution in [3.05, 3.63) is 53.6 Å². The molecule has 0 spiro atoms. The van der Waals surface area contributed by atoms with Crippen molar-refractivity contribution in [2.75, 3.05) is 12.4 Å². The number of halogens is 1. The molecule has 0 bridgehead atoms. The normalized spacial score (nSPS) is 11.8. The van der Waals surface area contributed by atoms with E-state index in [2.05, 4.69) is 15.5 Å². The Bertz CT molecular complexity index is 899. The highest BCUT2D eigenvalue weighted by atomic mass is 35.5. The number of aromatic nitrogens is 2. The molecule has 134 valence electrons. The van der Waals surface area contributed by atoms with Gasteiger partial charge in [0.1, 0.15) is 5.75 Å². The molecule has 26 heavy (non-hydrogen) atoms. The Labute approximate surface area is 159 Å². The van der Waals surface area contributed by atoms with Crippen molar-refractivity contribution in [1.29, 1.82) is 0 Å². The standard InChI is InChI=1S/C18H16ClN3O3S/c1-11(16(23)20-13-9-7-12(19)8-10-13)26-18-22-21-17(25-18)14-5-3-4-6-15(14)24-2/h3-11H,1-2H3,(H,20,23). The van der Waals surface area contributed by atoms with Crippen LogP contribution in [-0.4, -0.2) is 28.5 Å². The van der Waals surface area contributed by atoms with Gasteiger partial charge in [0, 0.05) is 10.7 Å². The molecule has 3 aromatic rings. The molecular formula is C18H16ClN3O3S. The van der Waals surface area contributed by atoms with Crippen LogP contribution in [0.4, 0.5) is 5.69 Å². The van der Waals surface area contributed by atoms with E-state index in [9.17, 15) is 4.79 Å². The summed E-state index contributed by atoms with van der Waals surface area (Å²) in [6, 6.07) is 14.3. The van der Waals surface area contributed by atoms with Gasteiger partial charge < -0.3 is 14.5 Å². The quantitative estimate of drug-likeness (QED) is 0.624. The van der Waals surface area contributed by atoms with Gasteiger partial charge in [-0.15, -0.1) is 10.2 Å². The molecule has 8 heteroatoms.